The highest BCUT2D eigenvalue weighted by atomic mass is 19.4. The summed E-state index contributed by atoms with van der Waals surface area (Å²) in [6.07, 6.45) is -2.52. The van der Waals surface area contributed by atoms with E-state index in [0.29, 0.717) is 31.8 Å². The van der Waals surface area contributed by atoms with Gasteiger partial charge in [-0.1, -0.05) is 24.3 Å². The van der Waals surface area contributed by atoms with Gasteiger partial charge in [-0.3, -0.25) is 14.7 Å². The fraction of sp³-hybridized carbons (Fsp3) is 0.357. The van der Waals surface area contributed by atoms with Crippen molar-refractivity contribution < 1.29 is 22.7 Å². The Balaban J connectivity index is 1.33. The zero-order chi connectivity index (χ0) is 25.8. The second-order valence-electron chi connectivity index (χ2n) is 9.41. The molecule has 0 aliphatic carbocycles. The summed E-state index contributed by atoms with van der Waals surface area (Å²) in [5.74, 6) is 0.142. The van der Waals surface area contributed by atoms with Gasteiger partial charge in [-0.2, -0.15) is 13.2 Å². The fourth-order valence-corrected chi connectivity index (χ4v) is 5.18. The van der Waals surface area contributed by atoms with Crippen molar-refractivity contribution in [3.8, 4) is 5.75 Å². The molecule has 1 aromatic heterocycles. The van der Waals surface area contributed by atoms with E-state index >= 15 is 0 Å². The summed E-state index contributed by atoms with van der Waals surface area (Å²) in [6, 6.07) is 18.8. The second-order valence-corrected chi connectivity index (χ2v) is 9.41. The zero-order valence-electron chi connectivity index (χ0n) is 20.3. The minimum absolute atomic E-state index is 0.154. The normalized spacial score (nSPS) is 19.6. The number of hydrogen-bond donors (Lipinski definition) is 1. The topological polar surface area (TPSA) is 57.7 Å². The maximum absolute atomic E-state index is 13.4. The number of rotatable bonds is 7. The quantitative estimate of drug-likeness (QED) is 0.518. The maximum Gasteiger partial charge on any atom is 0.416 e. The van der Waals surface area contributed by atoms with Gasteiger partial charge in [-0.05, 0) is 54.4 Å². The lowest BCUT2D eigenvalue weighted by Crippen LogP contribution is -2.61. The molecule has 9 heteroatoms. The van der Waals surface area contributed by atoms with E-state index in [4.69, 9.17) is 4.74 Å². The Labute approximate surface area is 214 Å². The van der Waals surface area contributed by atoms with E-state index in [2.05, 4.69) is 20.1 Å². The van der Waals surface area contributed by atoms with Gasteiger partial charge in [-0.25, -0.2) is 0 Å². The van der Waals surface area contributed by atoms with Gasteiger partial charge in [0.15, 0.2) is 0 Å². The molecular formula is C28H29F3N4O2. The Morgan fingerprint density at radius 1 is 1.05 bits per heavy atom. The molecule has 0 saturated carbocycles. The molecule has 2 atom stereocenters. The Kier molecular flexibility index (Phi) is 7.32. The number of benzene rings is 2. The summed E-state index contributed by atoms with van der Waals surface area (Å²) in [6.45, 7) is 3.46. The van der Waals surface area contributed by atoms with Crippen molar-refractivity contribution in [1.29, 1.82) is 0 Å². The predicted octanol–water partition coefficient (Wildman–Crippen LogP) is 4.16. The van der Waals surface area contributed by atoms with Gasteiger partial charge >= 0.3 is 6.18 Å². The van der Waals surface area contributed by atoms with Crippen molar-refractivity contribution in [3.05, 3.63) is 89.7 Å². The number of nitrogens with one attached hydrogen (secondary N) is 1. The van der Waals surface area contributed by atoms with Gasteiger partial charge in [0.1, 0.15) is 12.4 Å². The molecule has 3 aromatic rings. The number of aromatic nitrogens is 1. The first-order chi connectivity index (χ1) is 17.9. The Bertz CT molecular complexity index is 1210. The Morgan fingerprint density at radius 3 is 2.62 bits per heavy atom. The molecule has 5 rings (SSSR count). The van der Waals surface area contributed by atoms with E-state index in [1.54, 1.807) is 18.3 Å². The number of carbonyl (C=O) groups is 1. The molecule has 194 valence electrons. The summed E-state index contributed by atoms with van der Waals surface area (Å²) in [4.78, 5) is 22.0. The van der Waals surface area contributed by atoms with Crippen LogP contribution in [0.1, 0.15) is 16.8 Å². The molecule has 2 aliphatic heterocycles. The van der Waals surface area contributed by atoms with Crippen LogP contribution in [0.5, 0.6) is 5.75 Å². The molecule has 2 aliphatic rings. The second kappa shape index (κ2) is 10.8. The average molecular weight is 511 g/mol. The number of fused-ring (bicyclic) bond motifs is 3. The molecule has 37 heavy (non-hydrogen) atoms. The van der Waals surface area contributed by atoms with Crippen LogP contribution < -0.4 is 15.0 Å². The van der Waals surface area contributed by atoms with Gasteiger partial charge in [0.05, 0.1) is 29.8 Å². The summed E-state index contributed by atoms with van der Waals surface area (Å²) in [5.41, 5.74) is 1.39. The van der Waals surface area contributed by atoms with Crippen LogP contribution in [-0.4, -0.2) is 54.6 Å². The van der Waals surface area contributed by atoms with Gasteiger partial charge in [0.2, 0.25) is 5.91 Å². The molecule has 3 heterocycles. The number of amides is 1. The number of piperazine rings is 1. The van der Waals surface area contributed by atoms with Crippen LogP contribution in [0.3, 0.4) is 0 Å². The third-order valence-corrected chi connectivity index (χ3v) is 7.05. The molecule has 0 radical (unpaired) electrons. The van der Waals surface area contributed by atoms with Crippen molar-refractivity contribution in [3.63, 3.8) is 0 Å². The van der Waals surface area contributed by atoms with Crippen LogP contribution in [-0.2, 0) is 23.9 Å². The monoisotopic (exact) mass is 510 g/mol. The fourth-order valence-electron chi connectivity index (χ4n) is 5.18. The highest BCUT2D eigenvalue weighted by molar-refractivity contribution is 5.82. The zero-order valence-corrected chi connectivity index (χ0v) is 20.3. The van der Waals surface area contributed by atoms with E-state index in [9.17, 15) is 18.0 Å². The number of para-hydroxylation sites is 1. The Hall–Kier alpha value is -3.59. The molecule has 6 nitrogen and oxygen atoms in total. The molecule has 1 fully saturated rings. The van der Waals surface area contributed by atoms with E-state index in [1.807, 2.05) is 42.5 Å². The predicted molar refractivity (Wildman–Crippen MR) is 134 cm³/mol. The standard InChI is InChI=1S/C28H29F3N4O2/c29-28(30,31)21-9-10-25-20(16-21)17-24(27(36)33-18-22-6-4-5-11-32-22)26-19-34(12-13-35(25)26)14-15-37-23-7-2-1-3-8-23/h1-11,16,24,26H,12-15,17-19H2,(H,33,36)/t24-,26+/m1/s1. The molecular weight excluding hydrogens is 481 g/mol. The van der Waals surface area contributed by atoms with E-state index in [0.717, 1.165) is 29.7 Å². The first-order valence-corrected chi connectivity index (χ1v) is 12.4. The lowest BCUT2D eigenvalue weighted by Gasteiger charge is -2.49. The third kappa shape index (κ3) is 5.88. The molecule has 0 spiro atoms. The number of nitrogens with zero attached hydrogens (tertiary/aromatic N) is 3. The SMILES string of the molecule is O=C(NCc1ccccn1)[C@@H]1Cc2cc(C(F)(F)F)ccc2N2CCN(CCOc3ccccc3)C[C@@H]12. The number of halogens is 3. The van der Waals surface area contributed by atoms with Crippen LogP contribution in [0.15, 0.2) is 72.9 Å². The molecule has 1 amide bonds. The highest BCUT2D eigenvalue weighted by Gasteiger charge is 2.42. The lowest BCUT2D eigenvalue weighted by molar-refractivity contribution is -0.137. The smallest absolute Gasteiger partial charge is 0.416 e. The molecule has 0 bridgehead atoms. The number of ether oxygens (including phenoxy) is 1. The molecule has 0 unspecified atom stereocenters. The van der Waals surface area contributed by atoms with Crippen molar-refractivity contribution in [2.24, 2.45) is 5.92 Å². The Morgan fingerprint density at radius 2 is 1.86 bits per heavy atom. The van der Waals surface area contributed by atoms with Crippen LogP contribution >= 0.6 is 0 Å². The van der Waals surface area contributed by atoms with Crippen LogP contribution in [0, 0.1) is 5.92 Å². The summed E-state index contributed by atoms with van der Waals surface area (Å²) < 4.78 is 46.1. The first-order valence-electron chi connectivity index (χ1n) is 12.4. The van der Waals surface area contributed by atoms with Crippen LogP contribution in [0.2, 0.25) is 0 Å². The van der Waals surface area contributed by atoms with Crippen molar-refractivity contribution in [2.45, 2.75) is 25.2 Å². The summed E-state index contributed by atoms with van der Waals surface area (Å²) >= 11 is 0. The average Bonchev–Trinajstić information content (AvgIpc) is 2.91. The largest absolute Gasteiger partial charge is 0.492 e. The van der Waals surface area contributed by atoms with Crippen LogP contribution in [0.25, 0.3) is 0 Å². The maximum atomic E-state index is 13.4. The minimum Gasteiger partial charge on any atom is -0.492 e. The number of alkyl halides is 3. The van der Waals surface area contributed by atoms with E-state index in [-0.39, 0.29) is 24.9 Å². The van der Waals surface area contributed by atoms with Crippen molar-refractivity contribution in [2.75, 3.05) is 37.7 Å². The number of pyridine rings is 1. The summed E-state index contributed by atoms with van der Waals surface area (Å²) in [5, 5.41) is 2.96. The van der Waals surface area contributed by atoms with E-state index < -0.39 is 17.7 Å². The van der Waals surface area contributed by atoms with E-state index in [1.165, 1.54) is 6.07 Å². The van der Waals surface area contributed by atoms with Crippen LogP contribution in [0.4, 0.5) is 18.9 Å². The van der Waals surface area contributed by atoms with Gasteiger partial charge in [0, 0.05) is 38.1 Å². The molecule has 1 N–H and O–H groups in total. The molecule has 1 saturated heterocycles. The van der Waals surface area contributed by atoms with Gasteiger partial charge in [-0.15, -0.1) is 0 Å². The third-order valence-electron chi connectivity index (χ3n) is 7.05. The van der Waals surface area contributed by atoms with Crippen molar-refractivity contribution in [1.82, 2.24) is 15.2 Å². The number of anilines is 1. The minimum atomic E-state index is -4.43. The van der Waals surface area contributed by atoms with Gasteiger partial charge in [0.25, 0.3) is 0 Å². The first kappa shape index (κ1) is 25.1. The lowest BCUT2D eigenvalue weighted by atomic mass is 9.82. The number of carbonyl (C=O) groups excluding carboxylic acids is 1. The van der Waals surface area contributed by atoms with Gasteiger partial charge < -0.3 is 15.0 Å². The number of hydrogen-bond acceptors (Lipinski definition) is 5. The highest BCUT2D eigenvalue weighted by Crippen LogP contribution is 2.39. The molecule has 2 aromatic carbocycles. The van der Waals surface area contributed by atoms with Crippen molar-refractivity contribution >= 4 is 11.6 Å². The summed E-state index contributed by atoms with van der Waals surface area (Å²) in [7, 11) is 0.